The normalized spacial score (nSPS) is 15.0. The predicted molar refractivity (Wildman–Crippen MR) is 119 cm³/mol. The van der Waals surface area contributed by atoms with Gasteiger partial charge in [-0.25, -0.2) is 0 Å². The molecule has 3 aromatic rings. The number of hydrogen-bond donors (Lipinski definition) is 0. The Bertz CT molecular complexity index is 1150. The minimum Gasteiger partial charge on any atom is -0.336 e. The maximum absolute atomic E-state index is 13.4. The number of amides is 1. The summed E-state index contributed by atoms with van der Waals surface area (Å²) in [7, 11) is 0. The molecule has 152 valence electrons. The molecule has 1 heterocycles. The highest BCUT2D eigenvalue weighted by atomic mass is 16.2. The second kappa shape index (κ2) is 9.26. The quantitative estimate of drug-likeness (QED) is 0.649. The molecule has 1 saturated heterocycles. The van der Waals surface area contributed by atoms with Crippen LogP contribution >= 0.6 is 0 Å². The van der Waals surface area contributed by atoms with Gasteiger partial charge >= 0.3 is 0 Å². The van der Waals surface area contributed by atoms with Gasteiger partial charge in [-0.2, -0.15) is 10.5 Å². The molecule has 0 N–H and O–H groups in total. The molecule has 0 radical (unpaired) electrons. The zero-order chi connectivity index (χ0) is 21.6. The Morgan fingerprint density at radius 2 is 1.39 bits per heavy atom. The minimum absolute atomic E-state index is 0.0452. The number of nitrogens with zero attached hydrogens (tertiary/aromatic N) is 4. The monoisotopic (exact) mass is 406 g/mol. The van der Waals surface area contributed by atoms with E-state index in [1.54, 1.807) is 6.07 Å². The molecule has 0 aromatic heterocycles. The van der Waals surface area contributed by atoms with Crippen LogP contribution in [0.3, 0.4) is 0 Å². The largest absolute Gasteiger partial charge is 0.336 e. The van der Waals surface area contributed by atoms with Crippen LogP contribution < -0.4 is 0 Å². The smallest absolute Gasteiger partial charge is 0.254 e. The summed E-state index contributed by atoms with van der Waals surface area (Å²) in [5.74, 6) is -0.0452. The van der Waals surface area contributed by atoms with Crippen LogP contribution in [-0.2, 0) is 0 Å². The van der Waals surface area contributed by atoms with E-state index in [0.717, 1.165) is 16.7 Å². The van der Waals surface area contributed by atoms with Crippen LogP contribution in [0.5, 0.6) is 0 Å². The highest BCUT2D eigenvalue weighted by Crippen LogP contribution is 2.28. The van der Waals surface area contributed by atoms with Crippen molar-refractivity contribution in [1.29, 1.82) is 10.5 Å². The molecule has 5 heteroatoms. The molecule has 0 spiro atoms. The van der Waals surface area contributed by atoms with Crippen LogP contribution in [-0.4, -0.2) is 41.9 Å². The van der Waals surface area contributed by atoms with E-state index in [-0.39, 0.29) is 11.9 Å². The Morgan fingerprint density at radius 1 is 0.774 bits per heavy atom. The molecular weight excluding hydrogens is 384 g/mol. The molecule has 3 aromatic carbocycles. The van der Waals surface area contributed by atoms with Crippen molar-refractivity contribution in [2.75, 3.05) is 26.2 Å². The van der Waals surface area contributed by atoms with Crippen LogP contribution in [0.1, 0.15) is 27.5 Å². The summed E-state index contributed by atoms with van der Waals surface area (Å²) < 4.78 is 0. The molecular formula is C26H22N4O. The van der Waals surface area contributed by atoms with Gasteiger partial charge in [0.25, 0.3) is 5.91 Å². The van der Waals surface area contributed by atoms with Crippen molar-refractivity contribution in [3.63, 3.8) is 0 Å². The predicted octanol–water partition coefficient (Wildman–Crippen LogP) is 4.25. The zero-order valence-electron chi connectivity index (χ0n) is 17.1. The lowest BCUT2D eigenvalue weighted by Crippen LogP contribution is -2.49. The van der Waals surface area contributed by atoms with E-state index in [2.05, 4.69) is 17.0 Å². The average Bonchev–Trinajstić information content (AvgIpc) is 2.85. The summed E-state index contributed by atoms with van der Waals surface area (Å²) in [6.45, 7) is 2.38. The van der Waals surface area contributed by atoms with Crippen molar-refractivity contribution in [3.05, 3.63) is 95.6 Å². The third-order valence-electron chi connectivity index (χ3n) is 5.70. The van der Waals surface area contributed by atoms with Crippen molar-refractivity contribution >= 4 is 5.91 Å². The molecule has 1 aliphatic rings. The standard InChI is InChI=1S/C26H22N4O/c27-18-21-10-4-5-11-22(21)23-12-6-7-13-24(23)26(31)30-16-14-29(15-17-30)25(19-28)20-8-2-1-3-9-20/h1-13,25H,14-17H2. The number of nitriles is 2. The fraction of sp³-hybridized carbons (Fsp3) is 0.192. The summed E-state index contributed by atoms with van der Waals surface area (Å²) in [5.41, 5.74) is 3.65. The van der Waals surface area contributed by atoms with Crippen LogP contribution in [0, 0.1) is 22.7 Å². The minimum atomic E-state index is -0.312. The van der Waals surface area contributed by atoms with Crippen LogP contribution in [0.15, 0.2) is 78.9 Å². The first kappa shape index (κ1) is 20.3. The fourth-order valence-electron chi connectivity index (χ4n) is 4.08. The van der Waals surface area contributed by atoms with Crippen molar-refractivity contribution < 1.29 is 4.79 Å². The van der Waals surface area contributed by atoms with Crippen LogP contribution in [0.25, 0.3) is 11.1 Å². The summed E-state index contributed by atoms with van der Waals surface area (Å²) >= 11 is 0. The lowest BCUT2D eigenvalue weighted by Gasteiger charge is -2.37. The topological polar surface area (TPSA) is 71.1 Å². The second-order valence-corrected chi connectivity index (χ2v) is 7.47. The number of carbonyl (C=O) groups is 1. The third kappa shape index (κ3) is 4.19. The summed E-state index contributed by atoms with van der Waals surface area (Å²) in [6, 6.07) is 28.8. The average molecular weight is 406 g/mol. The molecule has 4 rings (SSSR count). The van der Waals surface area contributed by atoms with E-state index in [1.807, 2.05) is 77.7 Å². The van der Waals surface area contributed by atoms with E-state index in [0.29, 0.717) is 37.3 Å². The number of carbonyl (C=O) groups excluding carboxylic acids is 1. The first-order valence-corrected chi connectivity index (χ1v) is 10.3. The second-order valence-electron chi connectivity index (χ2n) is 7.47. The molecule has 1 atom stereocenters. The molecule has 1 fully saturated rings. The Morgan fingerprint density at radius 3 is 2.06 bits per heavy atom. The molecule has 0 bridgehead atoms. The lowest BCUT2D eigenvalue weighted by molar-refractivity contribution is 0.0607. The molecule has 31 heavy (non-hydrogen) atoms. The number of piperazine rings is 1. The molecule has 1 amide bonds. The van der Waals surface area contributed by atoms with Crippen molar-refractivity contribution in [2.24, 2.45) is 0 Å². The van der Waals surface area contributed by atoms with Gasteiger partial charge in [-0.15, -0.1) is 0 Å². The lowest BCUT2D eigenvalue weighted by atomic mass is 9.95. The van der Waals surface area contributed by atoms with E-state index in [9.17, 15) is 15.3 Å². The van der Waals surface area contributed by atoms with Crippen molar-refractivity contribution in [3.8, 4) is 23.3 Å². The number of benzene rings is 3. The Balaban J connectivity index is 1.53. The van der Waals surface area contributed by atoms with E-state index >= 15 is 0 Å². The van der Waals surface area contributed by atoms with Gasteiger partial charge in [0.1, 0.15) is 6.04 Å². The molecule has 1 aliphatic heterocycles. The number of rotatable bonds is 4. The van der Waals surface area contributed by atoms with Gasteiger partial charge < -0.3 is 4.90 Å². The molecule has 0 saturated carbocycles. The summed E-state index contributed by atoms with van der Waals surface area (Å²) in [5, 5.41) is 19.2. The van der Waals surface area contributed by atoms with Crippen LogP contribution in [0.4, 0.5) is 0 Å². The van der Waals surface area contributed by atoms with Gasteiger partial charge in [-0.05, 0) is 23.3 Å². The Labute approximate surface area is 182 Å². The Kier molecular flexibility index (Phi) is 6.08. The van der Waals surface area contributed by atoms with E-state index < -0.39 is 0 Å². The maximum Gasteiger partial charge on any atom is 0.254 e. The first-order valence-electron chi connectivity index (χ1n) is 10.3. The van der Waals surface area contributed by atoms with Gasteiger partial charge in [-0.1, -0.05) is 66.7 Å². The molecule has 1 unspecified atom stereocenters. The first-order chi connectivity index (χ1) is 15.2. The maximum atomic E-state index is 13.4. The van der Waals surface area contributed by atoms with Crippen LogP contribution in [0.2, 0.25) is 0 Å². The fourth-order valence-corrected chi connectivity index (χ4v) is 4.08. The summed E-state index contributed by atoms with van der Waals surface area (Å²) in [4.78, 5) is 17.3. The van der Waals surface area contributed by atoms with E-state index in [1.165, 1.54) is 0 Å². The van der Waals surface area contributed by atoms with Crippen molar-refractivity contribution in [2.45, 2.75) is 6.04 Å². The third-order valence-corrected chi connectivity index (χ3v) is 5.70. The highest BCUT2D eigenvalue weighted by Gasteiger charge is 2.28. The number of hydrogen-bond acceptors (Lipinski definition) is 4. The SMILES string of the molecule is N#Cc1ccccc1-c1ccccc1C(=O)N1CCN(C(C#N)c2ccccc2)CC1. The highest BCUT2D eigenvalue weighted by molar-refractivity contribution is 6.01. The Hall–Kier alpha value is -3.93. The van der Waals surface area contributed by atoms with E-state index in [4.69, 9.17) is 0 Å². The van der Waals surface area contributed by atoms with Crippen molar-refractivity contribution in [1.82, 2.24) is 9.80 Å². The van der Waals surface area contributed by atoms with Gasteiger partial charge in [0.05, 0.1) is 17.7 Å². The van der Waals surface area contributed by atoms with Gasteiger partial charge in [0, 0.05) is 37.3 Å². The molecule has 5 nitrogen and oxygen atoms in total. The zero-order valence-corrected chi connectivity index (χ0v) is 17.1. The van der Waals surface area contributed by atoms with Gasteiger partial charge in [0.15, 0.2) is 0 Å². The summed E-state index contributed by atoms with van der Waals surface area (Å²) in [6.07, 6.45) is 0. The van der Waals surface area contributed by atoms with Gasteiger partial charge in [-0.3, -0.25) is 9.69 Å². The molecule has 0 aliphatic carbocycles. The van der Waals surface area contributed by atoms with Gasteiger partial charge in [0.2, 0.25) is 0 Å².